The number of rotatable bonds is 5. The van der Waals surface area contributed by atoms with Crippen LogP contribution >= 0.6 is 15.9 Å². The van der Waals surface area contributed by atoms with Crippen LogP contribution in [0.25, 0.3) is 0 Å². The van der Waals surface area contributed by atoms with E-state index in [0.29, 0.717) is 11.5 Å². The first-order valence-electron chi connectivity index (χ1n) is 6.80. The van der Waals surface area contributed by atoms with Crippen LogP contribution in [0, 0.1) is 6.92 Å². The minimum absolute atomic E-state index is 0.0716. The van der Waals surface area contributed by atoms with Gasteiger partial charge in [-0.2, -0.15) is 0 Å². The van der Waals surface area contributed by atoms with E-state index in [0.717, 1.165) is 21.3 Å². The van der Waals surface area contributed by atoms with Crippen molar-refractivity contribution in [3.8, 4) is 11.5 Å². The van der Waals surface area contributed by atoms with Gasteiger partial charge in [0.05, 0.1) is 20.6 Å². The number of nitrogens with one attached hydrogen (secondary N) is 1. The van der Waals surface area contributed by atoms with E-state index < -0.39 is 0 Å². The fourth-order valence-electron chi connectivity index (χ4n) is 2.12. The Balaban J connectivity index is 2.12. The van der Waals surface area contributed by atoms with Crippen LogP contribution in [-0.4, -0.2) is 20.1 Å². The Hall–Kier alpha value is -2.01. The van der Waals surface area contributed by atoms with Crippen LogP contribution in [0.15, 0.2) is 40.9 Å². The standard InChI is InChI=1S/C17H18BrNO3/c1-11-8-15(21-2)16(22-3)9-12(11)10-17(20)19-14-6-4-13(18)5-7-14/h4-9H,10H2,1-3H3,(H,19,20). The molecule has 116 valence electrons. The number of carbonyl (C=O) groups excluding carboxylic acids is 1. The summed E-state index contributed by atoms with van der Waals surface area (Å²) in [6.45, 7) is 1.95. The van der Waals surface area contributed by atoms with Crippen molar-refractivity contribution < 1.29 is 14.3 Å². The molecule has 4 nitrogen and oxygen atoms in total. The van der Waals surface area contributed by atoms with E-state index in [2.05, 4.69) is 21.2 Å². The van der Waals surface area contributed by atoms with Gasteiger partial charge in [-0.05, 0) is 54.4 Å². The second kappa shape index (κ2) is 7.31. The number of aryl methyl sites for hydroxylation is 1. The molecular weight excluding hydrogens is 346 g/mol. The summed E-state index contributed by atoms with van der Waals surface area (Å²) in [4.78, 5) is 12.2. The molecule has 0 aromatic heterocycles. The molecule has 2 rings (SSSR count). The van der Waals surface area contributed by atoms with Crippen molar-refractivity contribution >= 4 is 27.5 Å². The first-order chi connectivity index (χ1) is 10.5. The molecule has 0 bridgehead atoms. The van der Waals surface area contributed by atoms with E-state index in [9.17, 15) is 4.79 Å². The zero-order valence-corrected chi connectivity index (χ0v) is 14.4. The van der Waals surface area contributed by atoms with Gasteiger partial charge in [0.15, 0.2) is 11.5 Å². The minimum atomic E-state index is -0.0716. The minimum Gasteiger partial charge on any atom is -0.493 e. The molecule has 2 aromatic carbocycles. The number of amides is 1. The van der Waals surface area contributed by atoms with E-state index in [1.807, 2.05) is 43.3 Å². The molecule has 1 amide bonds. The van der Waals surface area contributed by atoms with Gasteiger partial charge in [-0.1, -0.05) is 15.9 Å². The van der Waals surface area contributed by atoms with E-state index in [-0.39, 0.29) is 12.3 Å². The van der Waals surface area contributed by atoms with Gasteiger partial charge in [0.2, 0.25) is 5.91 Å². The molecule has 0 aliphatic heterocycles. The van der Waals surface area contributed by atoms with Crippen LogP contribution in [0.5, 0.6) is 11.5 Å². The highest BCUT2D eigenvalue weighted by Gasteiger charge is 2.12. The molecule has 22 heavy (non-hydrogen) atoms. The van der Waals surface area contributed by atoms with Crippen LogP contribution in [0.3, 0.4) is 0 Å². The molecule has 0 atom stereocenters. The van der Waals surface area contributed by atoms with Gasteiger partial charge >= 0.3 is 0 Å². The van der Waals surface area contributed by atoms with Crippen LogP contribution in [0.2, 0.25) is 0 Å². The highest BCUT2D eigenvalue weighted by molar-refractivity contribution is 9.10. The lowest BCUT2D eigenvalue weighted by Gasteiger charge is -2.13. The van der Waals surface area contributed by atoms with E-state index in [1.165, 1.54) is 0 Å². The van der Waals surface area contributed by atoms with Crippen LogP contribution in [-0.2, 0) is 11.2 Å². The Kier molecular flexibility index (Phi) is 5.44. The number of halogens is 1. The average molecular weight is 364 g/mol. The zero-order valence-electron chi connectivity index (χ0n) is 12.8. The molecule has 0 unspecified atom stereocenters. The van der Waals surface area contributed by atoms with Crippen molar-refractivity contribution in [1.82, 2.24) is 0 Å². The molecule has 0 spiro atoms. The normalized spacial score (nSPS) is 10.2. The van der Waals surface area contributed by atoms with Gasteiger partial charge in [-0.15, -0.1) is 0 Å². The van der Waals surface area contributed by atoms with Gasteiger partial charge in [-0.25, -0.2) is 0 Å². The fourth-order valence-corrected chi connectivity index (χ4v) is 2.39. The first kappa shape index (κ1) is 16.4. The zero-order chi connectivity index (χ0) is 16.1. The number of methoxy groups -OCH3 is 2. The monoisotopic (exact) mass is 363 g/mol. The fraction of sp³-hybridized carbons (Fsp3) is 0.235. The lowest BCUT2D eigenvalue weighted by Crippen LogP contribution is -2.15. The quantitative estimate of drug-likeness (QED) is 0.874. The third-order valence-corrected chi connectivity index (χ3v) is 3.85. The van der Waals surface area contributed by atoms with Gasteiger partial charge in [-0.3, -0.25) is 4.79 Å². The summed E-state index contributed by atoms with van der Waals surface area (Å²) in [5.74, 6) is 1.22. The lowest BCUT2D eigenvalue weighted by molar-refractivity contribution is -0.115. The van der Waals surface area contributed by atoms with Crippen molar-refractivity contribution in [3.05, 3.63) is 52.0 Å². The molecule has 0 fully saturated rings. The molecule has 0 aliphatic rings. The van der Waals surface area contributed by atoms with Gasteiger partial charge in [0, 0.05) is 10.2 Å². The summed E-state index contributed by atoms with van der Waals surface area (Å²) in [7, 11) is 3.18. The van der Waals surface area contributed by atoms with E-state index in [4.69, 9.17) is 9.47 Å². The number of benzene rings is 2. The van der Waals surface area contributed by atoms with E-state index >= 15 is 0 Å². The smallest absolute Gasteiger partial charge is 0.228 e. The van der Waals surface area contributed by atoms with Crippen LogP contribution < -0.4 is 14.8 Å². The Morgan fingerprint density at radius 1 is 1.09 bits per heavy atom. The van der Waals surface area contributed by atoms with Gasteiger partial charge < -0.3 is 14.8 Å². The number of ether oxygens (including phenoxy) is 2. The van der Waals surface area contributed by atoms with Gasteiger partial charge in [0.25, 0.3) is 0 Å². The maximum atomic E-state index is 12.2. The van der Waals surface area contributed by atoms with Crippen molar-refractivity contribution in [3.63, 3.8) is 0 Å². The molecule has 2 aromatic rings. The molecule has 1 N–H and O–H groups in total. The summed E-state index contributed by atoms with van der Waals surface area (Å²) < 4.78 is 11.5. The third-order valence-electron chi connectivity index (χ3n) is 3.32. The molecule has 0 aliphatic carbocycles. The predicted octanol–water partition coefficient (Wildman–Crippen LogP) is 3.96. The highest BCUT2D eigenvalue weighted by Crippen LogP contribution is 2.30. The SMILES string of the molecule is COc1cc(C)c(CC(=O)Nc2ccc(Br)cc2)cc1OC. The van der Waals surface area contributed by atoms with Crippen LogP contribution in [0.4, 0.5) is 5.69 Å². The Labute approximate surface area is 138 Å². The summed E-state index contributed by atoms with van der Waals surface area (Å²) in [6.07, 6.45) is 0.280. The number of carbonyl (C=O) groups is 1. The summed E-state index contributed by atoms with van der Waals surface area (Å²) in [6, 6.07) is 11.2. The maximum Gasteiger partial charge on any atom is 0.228 e. The second-order valence-corrected chi connectivity index (χ2v) is 5.78. The molecule has 0 heterocycles. The summed E-state index contributed by atoms with van der Waals surface area (Å²) >= 11 is 3.37. The van der Waals surface area contributed by atoms with Crippen molar-refractivity contribution in [2.24, 2.45) is 0 Å². The van der Waals surface area contributed by atoms with Crippen molar-refractivity contribution in [2.75, 3.05) is 19.5 Å². The predicted molar refractivity (Wildman–Crippen MR) is 90.8 cm³/mol. The maximum absolute atomic E-state index is 12.2. The number of hydrogen-bond donors (Lipinski definition) is 1. The molecule has 5 heteroatoms. The highest BCUT2D eigenvalue weighted by atomic mass is 79.9. The Bertz CT molecular complexity index is 668. The lowest BCUT2D eigenvalue weighted by atomic mass is 10.0. The number of anilines is 1. The summed E-state index contributed by atoms with van der Waals surface area (Å²) in [5.41, 5.74) is 2.67. The largest absolute Gasteiger partial charge is 0.493 e. The average Bonchev–Trinajstić information content (AvgIpc) is 2.51. The van der Waals surface area contributed by atoms with E-state index in [1.54, 1.807) is 14.2 Å². The van der Waals surface area contributed by atoms with Crippen molar-refractivity contribution in [1.29, 1.82) is 0 Å². The Morgan fingerprint density at radius 3 is 2.27 bits per heavy atom. The van der Waals surface area contributed by atoms with Crippen molar-refractivity contribution in [2.45, 2.75) is 13.3 Å². The summed E-state index contributed by atoms with van der Waals surface area (Å²) in [5, 5.41) is 2.88. The third kappa shape index (κ3) is 4.01. The van der Waals surface area contributed by atoms with Crippen LogP contribution in [0.1, 0.15) is 11.1 Å². The Morgan fingerprint density at radius 2 is 1.68 bits per heavy atom. The molecule has 0 saturated carbocycles. The number of hydrogen-bond acceptors (Lipinski definition) is 3. The molecular formula is C17H18BrNO3. The second-order valence-electron chi connectivity index (χ2n) is 4.87. The molecule has 0 saturated heterocycles. The topological polar surface area (TPSA) is 47.6 Å². The first-order valence-corrected chi connectivity index (χ1v) is 7.59. The van der Waals surface area contributed by atoms with Gasteiger partial charge in [0.1, 0.15) is 0 Å². The molecule has 0 radical (unpaired) electrons.